The number of nitrogens with zero attached hydrogens (tertiary/aromatic N) is 3. The molecule has 1 aromatic carbocycles. The lowest BCUT2D eigenvalue weighted by molar-refractivity contribution is 0.0746. The van der Waals surface area contributed by atoms with Crippen molar-refractivity contribution in [1.29, 1.82) is 0 Å². The molecular weight excluding hydrogens is 283 g/mol. The summed E-state index contributed by atoms with van der Waals surface area (Å²) in [5, 5.41) is 0. The normalized spacial score (nSPS) is 15.0. The number of anilines is 2. The van der Waals surface area contributed by atoms with E-state index in [9.17, 15) is 9.18 Å². The third-order valence-corrected chi connectivity index (χ3v) is 3.77. The molecule has 0 bridgehead atoms. The van der Waals surface area contributed by atoms with Crippen molar-refractivity contribution in [1.82, 2.24) is 9.88 Å². The fourth-order valence-corrected chi connectivity index (χ4v) is 2.56. The third kappa shape index (κ3) is 3.00. The number of nitrogen functional groups attached to an aromatic ring is 1. The minimum Gasteiger partial charge on any atom is -0.384 e. The lowest BCUT2D eigenvalue weighted by Crippen LogP contribution is -2.48. The van der Waals surface area contributed by atoms with Crippen molar-refractivity contribution >= 4 is 17.4 Å². The van der Waals surface area contributed by atoms with Gasteiger partial charge in [0.1, 0.15) is 11.6 Å². The molecule has 3 rings (SSSR count). The van der Waals surface area contributed by atoms with E-state index in [-0.39, 0.29) is 5.91 Å². The summed E-state index contributed by atoms with van der Waals surface area (Å²) in [6.45, 7) is 2.62. The predicted octanol–water partition coefficient (Wildman–Crippen LogP) is 1.77. The van der Waals surface area contributed by atoms with Crippen molar-refractivity contribution in [2.45, 2.75) is 0 Å². The highest BCUT2D eigenvalue weighted by atomic mass is 19.1. The number of nitrogens with two attached hydrogens (primary N) is 1. The first-order valence-electron chi connectivity index (χ1n) is 7.15. The molecule has 1 aliphatic rings. The first-order valence-corrected chi connectivity index (χ1v) is 7.15. The van der Waals surface area contributed by atoms with Gasteiger partial charge in [-0.15, -0.1) is 0 Å². The van der Waals surface area contributed by atoms with Crippen LogP contribution in [0.15, 0.2) is 42.6 Å². The van der Waals surface area contributed by atoms with Gasteiger partial charge in [-0.2, -0.15) is 0 Å². The zero-order valence-electron chi connectivity index (χ0n) is 12.1. The van der Waals surface area contributed by atoms with Gasteiger partial charge < -0.3 is 15.5 Å². The Morgan fingerprint density at radius 2 is 1.91 bits per heavy atom. The van der Waals surface area contributed by atoms with E-state index >= 15 is 0 Å². The second-order valence-electron chi connectivity index (χ2n) is 5.23. The van der Waals surface area contributed by atoms with E-state index in [4.69, 9.17) is 5.73 Å². The number of aromatic nitrogens is 1. The molecule has 0 saturated carbocycles. The van der Waals surface area contributed by atoms with Crippen molar-refractivity contribution in [3.8, 4) is 0 Å². The van der Waals surface area contributed by atoms with Gasteiger partial charge in [0.25, 0.3) is 5.91 Å². The Bertz CT molecular complexity index is 666. The number of halogens is 1. The van der Waals surface area contributed by atoms with Crippen molar-refractivity contribution in [2.24, 2.45) is 0 Å². The van der Waals surface area contributed by atoms with Crippen LogP contribution < -0.4 is 10.6 Å². The zero-order chi connectivity index (χ0) is 15.5. The monoisotopic (exact) mass is 300 g/mol. The molecule has 2 N–H and O–H groups in total. The Morgan fingerprint density at radius 1 is 1.14 bits per heavy atom. The number of amides is 1. The molecule has 1 aliphatic heterocycles. The van der Waals surface area contributed by atoms with Crippen molar-refractivity contribution in [3.05, 3.63) is 54.0 Å². The van der Waals surface area contributed by atoms with E-state index in [0.29, 0.717) is 37.6 Å². The Labute approximate surface area is 128 Å². The molecule has 0 radical (unpaired) electrons. The highest BCUT2D eigenvalue weighted by Gasteiger charge is 2.22. The third-order valence-electron chi connectivity index (χ3n) is 3.77. The number of benzene rings is 1. The number of hydrogen-bond donors (Lipinski definition) is 1. The molecule has 0 unspecified atom stereocenters. The van der Waals surface area contributed by atoms with Gasteiger partial charge in [0, 0.05) is 31.7 Å². The summed E-state index contributed by atoms with van der Waals surface area (Å²) in [5.74, 6) is -0.0318. The number of piperazine rings is 1. The minimum atomic E-state index is -0.391. The second kappa shape index (κ2) is 6.01. The number of rotatable bonds is 2. The molecule has 1 aromatic heterocycles. The highest BCUT2D eigenvalue weighted by molar-refractivity contribution is 5.94. The molecule has 1 saturated heterocycles. The molecular formula is C16H17FN4O. The van der Waals surface area contributed by atoms with Crippen LogP contribution in [0, 0.1) is 5.82 Å². The lowest BCUT2D eigenvalue weighted by atomic mass is 10.1. The average Bonchev–Trinajstić information content (AvgIpc) is 2.55. The van der Waals surface area contributed by atoms with Crippen LogP contribution >= 0.6 is 0 Å². The molecule has 0 spiro atoms. The topological polar surface area (TPSA) is 62.5 Å². The van der Waals surface area contributed by atoms with Gasteiger partial charge in [0.05, 0.1) is 11.9 Å². The van der Waals surface area contributed by atoms with Crippen LogP contribution in [0.2, 0.25) is 0 Å². The molecule has 22 heavy (non-hydrogen) atoms. The van der Waals surface area contributed by atoms with Gasteiger partial charge in [-0.1, -0.05) is 6.07 Å². The van der Waals surface area contributed by atoms with Gasteiger partial charge >= 0.3 is 0 Å². The summed E-state index contributed by atoms with van der Waals surface area (Å²) in [6.07, 6.45) is 1.74. The van der Waals surface area contributed by atoms with E-state index in [2.05, 4.69) is 9.88 Å². The van der Waals surface area contributed by atoms with Crippen LogP contribution in [0.4, 0.5) is 15.9 Å². The maximum absolute atomic E-state index is 13.2. The summed E-state index contributed by atoms with van der Waals surface area (Å²) in [5.41, 5.74) is 6.97. The maximum atomic E-state index is 13.2. The van der Waals surface area contributed by atoms with Crippen LogP contribution in [0.1, 0.15) is 10.4 Å². The lowest BCUT2D eigenvalue weighted by Gasteiger charge is -2.36. The van der Waals surface area contributed by atoms with Crippen LogP contribution in [0.3, 0.4) is 0 Å². The average molecular weight is 300 g/mol. The zero-order valence-corrected chi connectivity index (χ0v) is 12.1. The quantitative estimate of drug-likeness (QED) is 0.918. The Hall–Kier alpha value is -2.63. The summed E-state index contributed by atoms with van der Waals surface area (Å²) >= 11 is 0. The molecule has 6 heteroatoms. The van der Waals surface area contributed by atoms with Crippen LogP contribution in [-0.2, 0) is 0 Å². The largest absolute Gasteiger partial charge is 0.384 e. The Balaban J connectivity index is 1.64. The predicted molar refractivity (Wildman–Crippen MR) is 83.2 cm³/mol. The fraction of sp³-hybridized carbons (Fsp3) is 0.250. The van der Waals surface area contributed by atoms with Crippen molar-refractivity contribution < 1.29 is 9.18 Å². The SMILES string of the molecule is Nc1ccc(N2CCN(C(=O)c3cccc(F)c3)CC2)cn1. The summed E-state index contributed by atoms with van der Waals surface area (Å²) in [4.78, 5) is 20.3. The number of pyridine rings is 1. The number of carbonyl (C=O) groups is 1. The molecule has 0 aliphatic carbocycles. The standard InChI is InChI=1S/C16H17FN4O/c17-13-3-1-2-12(10-13)16(22)21-8-6-20(7-9-21)14-4-5-15(18)19-11-14/h1-5,10-11H,6-9H2,(H2,18,19). The number of carbonyl (C=O) groups excluding carboxylic acids is 1. The summed E-state index contributed by atoms with van der Waals surface area (Å²) in [7, 11) is 0. The van der Waals surface area contributed by atoms with Gasteiger partial charge in [0.2, 0.25) is 0 Å². The van der Waals surface area contributed by atoms with E-state index in [1.165, 1.54) is 12.1 Å². The van der Waals surface area contributed by atoms with Gasteiger partial charge in [-0.25, -0.2) is 9.37 Å². The van der Waals surface area contributed by atoms with E-state index in [1.807, 2.05) is 6.07 Å². The first kappa shape index (κ1) is 14.3. The molecule has 5 nitrogen and oxygen atoms in total. The van der Waals surface area contributed by atoms with Crippen LogP contribution in [0.25, 0.3) is 0 Å². The van der Waals surface area contributed by atoms with Crippen molar-refractivity contribution in [3.63, 3.8) is 0 Å². The minimum absolute atomic E-state index is 0.130. The molecule has 2 aromatic rings. The smallest absolute Gasteiger partial charge is 0.254 e. The maximum Gasteiger partial charge on any atom is 0.254 e. The van der Waals surface area contributed by atoms with E-state index < -0.39 is 5.82 Å². The first-order chi connectivity index (χ1) is 10.6. The highest BCUT2D eigenvalue weighted by Crippen LogP contribution is 2.17. The summed E-state index contributed by atoms with van der Waals surface area (Å²) < 4.78 is 13.2. The molecule has 0 atom stereocenters. The Kier molecular flexibility index (Phi) is 3.91. The van der Waals surface area contributed by atoms with E-state index in [0.717, 1.165) is 5.69 Å². The van der Waals surface area contributed by atoms with Crippen LogP contribution in [-0.4, -0.2) is 42.0 Å². The van der Waals surface area contributed by atoms with Gasteiger partial charge in [-0.3, -0.25) is 4.79 Å². The van der Waals surface area contributed by atoms with Crippen LogP contribution in [0.5, 0.6) is 0 Å². The van der Waals surface area contributed by atoms with Gasteiger partial charge in [0.15, 0.2) is 0 Å². The molecule has 1 amide bonds. The second-order valence-corrected chi connectivity index (χ2v) is 5.23. The van der Waals surface area contributed by atoms with E-state index in [1.54, 1.807) is 29.3 Å². The van der Waals surface area contributed by atoms with Gasteiger partial charge in [-0.05, 0) is 30.3 Å². The summed E-state index contributed by atoms with van der Waals surface area (Å²) in [6, 6.07) is 9.49. The molecule has 1 fully saturated rings. The Morgan fingerprint density at radius 3 is 2.55 bits per heavy atom. The van der Waals surface area contributed by atoms with Crippen molar-refractivity contribution in [2.75, 3.05) is 36.8 Å². The fourth-order valence-electron chi connectivity index (χ4n) is 2.56. The molecule has 114 valence electrons. The number of hydrogen-bond acceptors (Lipinski definition) is 4. The molecule has 2 heterocycles.